The molecule has 20 heavy (non-hydrogen) atoms. The summed E-state index contributed by atoms with van der Waals surface area (Å²) in [6.45, 7) is 0.964. The number of nitrogens with zero attached hydrogens (tertiary/aromatic N) is 3. The number of alkyl halides is 1. The van der Waals surface area contributed by atoms with Crippen LogP contribution in [-0.2, 0) is 13.0 Å². The molecule has 1 aliphatic rings. The molecule has 0 spiro atoms. The van der Waals surface area contributed by atoms with Crippen molar-refractivity contribution in [2.75, 3.05) is 12.1 Å². The van der Waals surface area contributed by atoms with Crippen molar-refractivity contribution in [1.82, 2.24) is 9.55 Å². The van der Waals surface area contributed by atoms with Gasteiger partial charge < -0.3 is 4.57 Å². The molecule has 0 N–H and O–H groups in total. The van der Waals surface area contributed by atoms with Gasteiger partial charge in [0.05, 0.1) is 22.7 Å². The van der Waals surface area contributed by atoms with Crippen molar-refractivity contribution >= 4 is 34.4 Å². The van der Waals surface area contributed by atoms with Gasteiger partial charge in [0.2, 0.25) is 0 Å². The van der Waals surface area contributed by atoms with Gasteiger partial charge >= 0.3 is 0 Å². The summed E-state index contributed by atoms with van der Waals surface area (Å²) in [5.74, 6) is 1.60. The van der Waals surface area contributed by atoms with Crippen LogP contribution in [0.2, 0.25) is 0 Å². The average molecular weight is 306 g/mol. The van der Waals surface area contributed by atoms with Crippen LogP contribution in [0.1, 0.15) is 24.2 Å². The predicted octanol–water partition coefficient (Wildman–Crippen LogP) is 3.58. The Morgan fingerprint density at radius 1 is 1.50 bits per heavy atom. The van der Waals surface area contributed by atoms with Gasteiger partial charge in [-0.25, -0.2) is 4.98 Å². The van der Waals surface area contributed by atoms with E-state index in [0.717, 1.165) is 29.8 Å². The van der Waals surface area contributed by atoms with Crippen LogP contribution in [0.5, 0.6) is 0 Å². The Labute approximate surface area is 127 Å². The van der Waals surface area contributed by atoms with E-state index in [1.807, 2.05) is 30.0 Å². The Morgan fingerprint density at radius 2 is 2.30 bits per heavy atom. The van der Waals surface area contributed by atoms with Gasteiger partial charge in [0.25, 0.3) is 0 Å². The normalized spacial score (nSPS) is 16.2. The van der Waals surface area contributed by atoms with Crippen LogP contribution < -0.4 is 0 Å². The van der Waals surface area contributed by atoms with Crippen LogP contribution in [-0.4, -0.2) is 26.4 Å². The Morgan fingerprint density at radius 3 is 2.90 bits per heavy atom. The number of nitriles is 1. The third kappa shape index (κ3) is 2.41. The number of imidazole rings is 1. The van der Waals surface area contributed by atoms with E-state index in [1.54, 1.807) is 0 Å². The van der Waals surface area contributed by atoms with Gasteiger partial charge in [-0.15, -0.1) is 11.6 Å². The first-order chi connectivity index (χ1) is 9.71. The van der Waals surface area contributed by atoms with Gasteiger partial charge in [0.1, 0.15) is 5.82 Å². The van der Waals surface area contributed by atoms with Crippen LogP contribution >= 0.6 is 23.4 Å². The third-order valence-corrected chi connectivity index (χ3v) is 5.55. The van der Waals surface area contributed by atoms with Gasteiger partial charge in [-0.3, -0.25) is 0 Å². The van der Waals surface area contributed by atoms with Gasteiger partial charge in [0, 0.05) is 23.6 Å². The average Bonchev–Trinajstić information content (AvgIpc) is 3.18. The van der Waals surface area contributed by atoms with Crippen LogP contribution in [0.25, 0.3) is 11.0 Å². The SMILES string of the molecule is CSC1(Cn2c(CCCl)nc3ccc(C#N)cc32)CC1. The van der Waals surface area contributed by atoms with E-state index in [0.29, 0.717) is 16.2 Å². The van der Waals surface area contributed by atoms with Crippen LogP contribution in [0.3, 0.4) is 0 Å². The summed E-state index contributed by atoms with van der Waals surface area (Å²) in [5.41, 5.74) is 2.70. The van der Waals surface area contributed by atoms with Crippen molar-refractivity contribution in [2.45, 2.75) is 30.6 Å². The highest BCUT2D eigenvalue weighted by atomic mass is 35.5. The molecule has 3 rings (SSSR count). The minimum atomic E-state index is 0.358. The summed E-state index contributed by atoms with van der Waals surface area (Å²) >= 11 is 7.84. The topological polar surface area (TPSA) is 41.6 Å². The van der Waals surface area contributed by atoms with Crippen molar-refractivity contribution in [3.05, 3.63) is 29.6 Å². The molecule has 0 aliphatic heterocycles. The number of halogens is 1. The quantitative estimate of drug-likeness (QED) is 0.793. The molecular weight excluding hydrogens is 290 g/mol. The fraction of sp³-hybridized carbons (Fsp3) is 0.467. The minimum absolute atomic E-state index is 0.358. The maximum absolute atomic E-state index is 9.08. The standard InChI is InChI=1S/C15H16ClN3S/c1-20-15(5-6-15)10-19-13-8-11(9-17)2-3-12(13)18-14(19)4-7-16/h2-3,8H,4-7,10H2,1H3. The zero-order chi connectivity index (χ0) is 14.2. The summed E-state index contributed by atoms with van der Waals surface area (Å²) in [6, 6.07) is 7.90. The maximum Gasteiger partial charge on any atom is 0.111 e. The summed E-state index contributed by atoms with van der Waals surface area (Å²) < 4.78 is 2.62. The number of fused-ring (bicyclic) bond motifs is 1. The van der Waals surface area contributed by atoms with Gasteiger partial charge in [0.15, 0.2) is 0 Å². The molecule has 1 aromatic heterocycles. The van der Waals surface area contributed by atoms with E-state index in [-0.39, 0.29) is 0 Å². The fourth-order valence-corrected chi connectivity index (χ4v) is 3.49. The Kier molecular flexibility index (Phi) is 3.66. The monoisotopic (exact) mass is 305 g/mol. The lowest BCUT2D eigenvalue weighted by Crippen LogP contribution is -2.16. The molecule has 0 saturated heterocycles. The summed E-state index contributed by atoms with van der Waals surface area (Å²) in [7, 11) is 0. The van der Waals surface area contributed by atoms with E-state index < -0.39 is 0 Å². The lowest BCUT2D eigenvalue weighted by Gasteiger charge is -2.16. The highest BCUT2D eigenvalue weighted by molar-refractivity contribution is 8.00. The Bertz CT molecular complexity index is 682. The second kappa shape index (κ2) is 5.31. The summed E-state index contributed by atoms with van der Waals surface area (Å²) in [4.78, 5) is 4.68. The van der Waals surface area contributed by atoms with E-state index >= 15 is 0 Å². The molecule has 0 unspecified atom stereocenters. The maximum atomic E-state index is 9.08. The largest absolute Gasteiger partial charge is 0.327 e. The number of aromatic nitrogens is 2. The van der Waals surface area contributed by atoms with E-state index in [9.17, 15) is 0 Å². The van der Waals surface area contributed by atoms with Crippen LogP contribution in [0.15, 0.2) is 18.2 Å². The molecule has 0 radical (unpaired) electrons. The van der Waals surface area contributed by atoms with Crippen molar-refractivity contribution in [3.63, 3.8) is 0 Å². The van der Waals surface area contributed by atoms with Gasteiger partial charge in [-0.2, -0.15) is 17.0 Å². The smallest absolute Gasteiger partial charge is 0.111 e. The summed E-state index contributed by atoms with van der Waals surface area (Å²) in [5, 5.41) is 9.08. The number of rotatable bonds is 5. The molecule has 3 nitrogen and oxygen atoms in total. The Balaban J connectivity index is 2.09. The predicted molar refractivity (Wildman–Crippen MR) is 84.4 cm³/mol. The highest BCUT2D eigenvalue weighted by Gasteiger charge is 2.42. The zero-order valence-electron chi connectivity index (χ0n) is 11.4. The zero-order valence-corrected chi connectivity index (χ0v) is 13.0. The highest BCUT2D eigenvalue weighted by Crippen LogP contribution is 2.49. The van der Waals surface area contributed by atoms with Gasteiger partial charge in [-0.1, -0.05) is 0 Å². The molecule has 1 heterocycles. The lowest BCUT2D eigenvalue weighted by molar-refractivity contribution is 0.645. The first kappa shape index (κ1) is 13.8. The van der Waals surface area contributed by atoms with Gasteiger partial charge in [-0.05, 0) is 37.3 Å². The molecule has 0 bridgehead atoms. The minimum Gasteiger partial charge on any atom is -0.327 e. The van der Waals surface area contributed by atoms with Crippen molar-refractivity contribution in [2.24, 2.45) is 0 Å². The van der Waals surface area contributed by atoms with Crippen molar-refractivity contribution < 1.29 is 0 Å². The number of hydrogen-bond acceptors (Lipinski definition) is 3. The van der Waals surface area contributed by atoms with Crippen LogP contribution in [0.4, 0.5) is 0 Å². The van der Waals surface area contributed by atoms with E-state index in [2.05, 4.69) is 21.9 Å². The first-order valence-corrected chi connectivity index (χ1v) is 8.48. The first-order valence-electron chi connectivity index (χ1n) is 6.72. The molecule has 1 aromatic carbocycles. The molecule has 5 heteroatoms. The molecule has 1 fully saturated rings. The van der Waals surface area contributed by atoms with E-state index in [4.69, 9.17) is 16.9 Å². The number of aryl methyl sites for hydroxylation is 1. The Hall–Kier alpha value is -1.18. The third-order valence-electron chi connectivity index (χ3n) is 3.96. The van der Waals surface area contributed by atoms with Crippen molar-refractivity contribution in [1.29, 1.82) is 5.26 Å². The second-order valence-electron chi connectivity index (χ2n) is 5.26. The number of thioether (sulfide) groups is 1. The molecule has 0 amide bonds. The lowest BCUT2D eigenvalue weighted by atomic mass is 10.2. The summed E-state index contributed by atoms with van der Waals surface area (Å²) in [6.07, 6.45) is 5.45. The molecule has 1 aliphatic carbocycles. The second-order valence-corrected chi connectivity index (χ2v) is 6.91. The van der Waals surface area contributed by atoms with E-state index in [1.165, 1.54) is 12.8 Å². The fourth-order valence-electron chi connectivity index (χ4n) is 2.55. The molecule has 1 saturated carbocycles. The van der Waals surface area contributed by atoms with Crippen molar-refractivity contribution in [3.8, 4) is 6.07 Å². The molecular formula is C15H16ClN3S. The molecule has 2 aromatic rings. The molecule has 104 valence electrons. The molecule has 0 atom stereocenters. The number of benzene rings is 1. The van der Waals surface area contributed by atoms with Crippen LogP contribution in [0, 0.1) is 11.3 Å². The number of hydrogen-bond donors (Lipinski definition) is 0.